The summed E-state index contributed by atoms with van der Waals surface area (Å²) in [5.74, 6) is -0.386. The highest BCUT2D eigenvalue weighted by atomic mass is 32.2. The summed E-state index contributed by atoms with van der Waals surface area (Å²) in [6.45, 7) is 1.50. The lowest BCUT2D eigenvalue weighted by molar-refractivity contribution is 0.0563. The molecule has 0 aliphatic carbocycles. The molecule has 0 N–H and O–H groups in total. The van der Waals surface area contributed by atoms with Crippen LogP contribution in [0.2, 0.25) is 0 Å². The second-order valence-corrected chi connectivity index (χ2v) is 5.53. The lowest BCUT2D eigenvalue weighted by Crippen LogP contribution is -2.06. The van der Waals surface area contributed by atoms with Gasteiger partial charge in [-0.25, -0.2) is 13.2 Å². The molecule has 1 atom stereocenters. The Morgan fingerprint density at radius 2 is 2.07 bits per heavy atom. The summed E-state index contributed by atoms with van der Waals surface area (Å²) >= 11 is 0. The summed E-state index contributed by atoms with van der Waals surface area (Å²) in [6.07, 6.45) is 1.11. The normalized spacial score (nSPS) is 13.5. The van der Waals surface area contributed by atoms with E-state index in [-0.39, 0.29) is 11.5 Å². The number of hydrogen-bond acceptors (Lipinski definition) is 5. The van der Waals surface area contributed by atoms with Crippen molar-refractivity contribution in [2.75, 3.05) is 13.4 Å². The number of rotatable bonds is 3. The summed E-state index contributed by atoms with van der Waals surface area (Å²) in [4.78, 5) is 11.0. The first-order valence-electron chi connectivity index (χ1n) is 4.23. The molecule has 6 heteroatoms. The van der Waals surface area contributed by atoms with E-state index in [1.54, 1.807) is 0 Å². The minimum atomic E-state index is -3.22. The molecule has 1 aromatic rings. The van der Waals surface area contributed by atoms with Crippen LogP contribution in [0.5, 0.6) is 0 Å². The molecule has 0 fully saturated rings. The largest absolute Gasteiger partial charge is 0.463 e. The van der Waals surface area contributed by atoms with Gasteiger partial charge < -0.3 is 9.15 Å². The van der Waals surface area contributed by atoms with Gasteiger partial charge in [0.05, 0.1) is 7.11 Å². The Morgan fingerprint density at radius 1 is 1.47 bits per heavy atom. The maximum Gasteiger partial charge on any atom is 0.373 e. The number of esters is 1. The van der Waals surface area contributed by atoms with Gasteiger partial charge in [-0.15, -0.1) is 0 Å². The quantitative estimate of drug-likeness (QED) is 0.731. The van der Waals surface area contributed by atoms with Crippen LogP contribution >= 0.6 is 0 Å². The molecule has 0 spiro atoms. The standard InChI is InChI=1S/C9H12O5S/c1-6(15(3,11)12)7-4-5-8(14-7)9(10)13-2/h4-6H,1-3H3. The molecule has 1 aromatic heterocycles. The number of methoxy groups -OCH3 is 1. The Morgan fingerprint density at radius 3 is 2.53 bits per heavy atom. The number of hydrogen-bond donors (Lipinski definition) is 0. The molecule has 0 saturated carbocycles. The number of ether oxygens (including phenoxy) is 1. The van der Waals surface area contributed by atoms with Crippen LogP contribution in [-0.4, -0.2) is 27.8 Å². The van der Waals surface area contributed by atoms with Gasteiger partial charge in [0, 0.05) is 6.26 Å². The topological polar surface area (TPSA) is 73.6 Å². The van der Waals surface area contributed by atoms with Gasteiger partial charge in [0.2, 0.25) is 5.76 Å². The van der Waals surface area contributed by atoms with Gasteiger partial charge in [0.15, 0.2) is 9.84 Å². The summed E-state index contributed by atoms with van der Waals surface area (Å²) in [5.41, 5.74) is 0. The molecular formula is C9H12O5S. The maximum absolute atomic E-state index is 11.2. The molecule has 15 heavy (non-hydrogen) atoms. The third-order valence-corrected chi connectivity index (χ3v) is 3.57. The van der Waals surface area contributed by atoms with E-state index < -0.39 is 21.1 Å². The SMILES string of the molecule is COC(=O)c1ccc(C(C)S(C)(=O)=O)o1. The molecule has 5 nitrogen and oxygen atoms in total. The molecule has 0 amide bonds. The van der Waals surface area contributed by atoms with E-state index in [0.717, 1.165) is 6.26 Å². The Labute approximate surface area is 88.0 Å². The average molecular weight is 232 g/mol. The summed E-state index contributed by atoms with van der Waals surface area (Å²) in [7, 11) is -1.99. The fourth-order valence-corrected chi connectivity index (χ4v) is 1.54. The molecular weight excluding hydrogens is 220 g/mol. The minimum absolute atomic E-state index is 0.00278. The van der Waals surface area contributed by atoms with Crippen LogP contribution in [0, 0.1) is 0 Å². The van der Waals surface area contributed by atoms with Crippen LogP contribution in [0.1, 0.15) is 28.5 Å². The van der Waals surface area contributed by atoms with Gasteiger partial charge in [-0.3, -0.25) is 0 Å². The van der Waals surface area contributed by atoms with Gasteiger partial charge in [-0.2, -0.15) is 0 Å². The van der Waals surface area contributed by atoms with Gasteiger partial charge in [0.25, 0.3) is 0 Å². The van der Waals surface area contributed by atoms with Gasteiger partial charge in [-0.1, -0.05) is 0 Å². The van der Waals surface area contributed by atoms with E-state index in [4.69, 9.17) is 4.42 Å². The lowest BCUT2D eigenvalue weighted by Gasteiger charge is -2.04. The van der Waals surface area contributed by atoms with E-state index in [0.29, 0.717) is 0 Å². The first-order valence-corrected chi connectivity index (χ1v) is 6.18. The van der Waals surface area contributed by atoms with Crippen molar-refractivity contribution in [3.63, 3.8) is 0 Å². The Balaban J connectivity index is 3.00. The van der Waals surface area contributed by atoms with Gasteiger partial charge in [-0.05, 0) is 19.1 Å². The Hall–Kier alpha value is -1.30. The predicted octanol–water partition coefficient (Wildman–Crippen LogP) is 1.17. The molecule has 1 heterocycles. The molecule has 1 unspecified atom stereocenters. The van der Waals surface area contributed by atoms with Crippen molar-refractivity contribution in [3.8, 4) is 0 Å². The van der Waals surface area contributed by atoms with E-state index in [1.165, 1.54) is 26.2 Å². The number of carbonyl (C=O) groups excluding carboxylic acids is 1. The molecule has 0 radical (unpaired) electrons. The zero-order valence-corrected chi connectivity index (χ0v) is 9.50. The monoisotopic (exact) mass is 232 g/mol. The van der Waals surface area contributed by atoms with Crippen molar-refractivity contribution in [2.45, 2.75) is 12.2 Å². The van der Waals surface area contributed by atoms with Crippen LogP contribution in [0.15, 0.2) is 16.5 Å². The van der Waals surface area contributed by atoms with E-state index in [2.05, 4.69) is 4.74 Å². The highest BCUT2D eigenvalue weighted by Crippen LogP contribution is 2.23. The summed E-state index contributed by atoms with van der Waals surface area (Å²) in [6, 6.07) is 2.85. The van der Waals surface area contributed by atoms with Gasteiger partial charge in [0.1, 0.15) is 11.0 Å². The molecule has 0 aliphatic rings. The van der Waals surface area contributed by atoms with Crippen molar-refractivity contribution < 1.29 is 22.4 Å². The van der Waals surface area contributed by atoms with Crippen molar-refractivity contribution in [1.29, 1.82) is 0 Å². The number of carbonyl (C=O) groups is 1. The first kappa shape index (κ1) is 11.8. The van der Waals surface area contributed by atoms with Crippen molar-refractivity contribution in [2.24, 2.45) is 0 Å². The van der Waals surface area contributed by atoms with E-state index in [1.807, 2.05) is 0 Å². The highest BCUT2D eigenvalue weighted by molar-refractivity contribution is 7.90. The second kappa shape index (κ2) is 4.06. The summed E-state index contributed by atoms with van der Waals surface area (Å²) < 4.78 is 31.9. The summed E-state index contributed by atoms with van der Waals surface area (Å²) in [5, 5.41) is -0.768. The van der Waals surface area contributed by atoms with E-state index in [9.17, 15) is 13.2 Å². The van der Waals surface area contributed by atoms with E-state index >= 15 is 0 Å². The van der Waals surface area contributed by atoms with Crippen LogP contribution in [0.3, 0.4) is 0 Å². The minimum Gasteiger partial charge on any atom is -0.463 e. The Bertz CT molecular complexity index is 457. The van der Waals surface area contributed by atoms with Crippen LogP contribution in [0.25, 0.3) is 0 Å². The molecule has 1 rings (SSSR count). The third kappa shape index (κ3) is 2.59. The fraction of sp³-hybridized carbons (Fsp3) is 0.444. The molecule has 84 valence electrons. The van der Waals surface area contributed by atoms with Crippen LogP contribution in [0.4, 0.5) is 0 Å². The molecule has 0 aliphatic heterocycles. The smallest absolute Gasteiger partial charge is 0.373 e. The molecule has 0 aromatic carbocycles. The average Bonchev–Trinajstić information content (AvgIpc) is 2.62. The van der Waals surface area contributed by atoms with Crippen LogP contribution in [-0.2, 0) is 14.6 Å². The highest BCUT2D eigenvalue weighted by Gasteiger charge is 2.22. The molecule has 0 saturated heterocycles. The fourth-order valence-electron chi connectivity index (χ4n) is 0.993. The lowest BCUT2D eigenvalue weighted by atomic mass is 10.3. The molecule has 0 bridgehead atoms. The zero-order valence-electron chi connectivity index (χ0n) is 8.68. The number of sulfone groups is 1. The van der Waals surface area contributed by atoms with Crippen molar-refractivity contribution in [1.82, 2.24) is 0 Å². The van der Waals surface area contributed by atoms with Crippen molar-refractivity contribution >= 4 is 15.8 Å². The van der Waals surface area contributed by atoms with Crippen molar-refractivity contribution in [3.05, 3.63) is 23.7 Å². The zero-order chi connectivity index (χ0) is 11.6. The predicted molar refractivity (Wildman–Crippen MR) is 53.3 cm³/mol. The van der Waals surface area contributed by atoms with Gasteiger partial charge >= 0.3 is 5.97 Å². The maximum atomic E-state index is 11.2. The number of furan rings is 1. The van der Waals surface area contributed by atoms with Crippen LogP contribution < -0.4 is 0 Å². The Kier molecular flexibility index (Phi) is 3.18. The third-order valence-electron chi connectivity index (χ3n) is 2.06. The second-order valence-electron chi connectivity index (χ2n) is 3.17. The first-order chi connectivity index (χ1) is 6.86.